The lowest BCUT2D eigenvalue weighted by atomic mass is 10.1. The number of benzene rings is 4. The number of anilines is 4. The molecule has 0 aliphatic rings. The summed E-state index contributed by atoms with van der Waals surface area (Å²) in [5, 5.41) is 5.58. The Bertz CT molecular complexity index is 1910. The van der Waals surface area contributed by atoms with E-state index < -0.39 is 35.1 Å². The molecule has 0 saturated heterocycles. The smallest absolute Gasteiger partial charge is 0.277 e. The highest BCUT2D eigenvalue weighted by atomic mass is 79.9. The van der Waals surface area contributed by atoms with Gasteiger partial charge in [0.25, 0.3) is 11.8 Å². The number of hydrogen-bond acceptors (Lipinski definition) is 6. The zero-order valence-electron chi connectivity index (χ0n) is 27.5. The number of rotatable bonds is 12. The minimum absolute atomic E-state index is 0.0679. The van der Waals surface area contributed by atoms with E-state index in [-0.39, 0.29) is 35.7 Å². The van der Waals surface area contributed by atoms with Crippen molar-refractivity contribution in [2.75, 3.05) is 23.8 Å². The molecule has 0 spiro atoms. The van der Waals surface area contributed by atoms with E-state index in [9.17, 15) is 27.2 Å². The van der Waals surface area contributed by atoms with Gasteiger partial charge in [0, 0.05) is 20.3 Å². The van der Waals surface area contributed by atoms with Crippen LogP contribution in [-0.4, -0.2) is 25.0 Å². The van der Waals surface area contributed by atoms with Crippen LogP contribution in [0, 0.1) is 37.1 Å². The highest BCUT2D eigenvalue weighted by Gasteiger charge is 2.21. The summed E-state index contributed by atoms with van der Waals surface area (Å²) in [6, 6.07) is 14.7. The van der Waals surface area contributed by atoms with Crippen LogP contribution < -0.4 is 21.6 Å². The normalized spacial score (nSPS) is 10.7. The van der Waals surface area contributed by atoms with Gasteiger partial charge in [-0.15, -0.1) is 0 Å². The van der Waals surface area contributed by atoms with Crippen molar-refractivity contribution >= 4 is 66.4 Å². The monoisotopic (exact) mass is 820 g/mol. The summed E-state index contributed by atoms with van der Waals surface area (Å²) in [5.74, 6) is -5.77. The third-order valence-corrected chi connectivity index (χ3v) is 7.63. The molecule has 0 atom stereocenters. The van der Waals surface area contributed by atoms with Crippen molar-refractivity contribution in [2.45, 2.75) is 27.7 Å². The van der Waals surface area contributed by atoms with Crippen LogP contribution in [0.3, 0.4) is 0 Å². The first-order chi connectivity index (χ1) is 23.7. The van der Waals surface area contributed by atoms with E-state index in [4.69, 9.17) is 9.68 Å². The summed E-state index contributed by atoms with van der Waals surface area (Å²) in [4.78, 5) is 34.4. The summed E-state index contributed by atoms with van der Waals surface area (Å²) in [7, 11) is 0. The van der Waals surface area contributed by atoms with Crippen molar-refractivity contribution < 1.29 is 36.8 Å². The Balaban J connectivity index is 0.000000270. The van der Waals surface area contributed by atoms with Crippen molar-refractivity contribution in [2.24, 2.45) is 0 Å². The topological polar surface area (TPSA) is 101 Å². The second-order valence-corrected chi connectivity index (χ2v) is 12.6. The molecule has 0 aromatic heterocycles. The van der Waals surface area contributed by atoms with Gasteiger partial charge in [-0.2, -0.15) is 0 Å². The average molecular weight is 822 g/mol. The molecule has 0 unspecified atom stereocenters. The molecule has 14 heteroatoms. The Labute approximate surface area is 304 Å². The lowest BCUT2D eigenvalue weighted by Crippen LogP contribution is -2.25. The van der Waals surface area contributed by atoms with Crippen LogP contribution in [0.2, 0.25) is 0 Å². The van der Waals surface area contributed by atoms with Gasteiger partial charge in [-0.1, -0.05) is 56.2 Å². The third-order valence-electron chi connectivity index (χ3n) is 6.64. The molecule has 0 heterocycles. The fraction of sp³-hybridized carbons (Fsp3) is 0.167. The molecule has 2 amide bonds. The average Bonchev–Trinajstić information content (AvgIpc) is 3.06. The van der Waals surface area contributed by atoms with E-state index in [1.807, 2.05) is 26.0 Å². The van der Waals surface area contributed by atoms with Gasteiger partial charge in [0.15, 0.2) is 23.3 Å². The number of allylic oxidation sites excluding steroid dienone is 1. The number of nitrogens with one attached hydrogen (secondary N) is 4. The molecule has 0 aliphatic heterocycles. The predicted octanol–water partition coefficient (Wildman–Crippen LogP) is 10.0. The zero-order valence-corrected chi connectivity index (χ0v) is 30.6. The van der Waals surface area contributed by atoms with E-state index in [0.717, 1.165) is 32.2 Å². The maximum atomic E-state index is 14.3. The van der Waals surface area contributed by atoms with Gasteiger partial charge in [0.05, 0.1) is 35.7 Å². The van der Waals surface area contributed by atoms with Gasteiger partial charge in [-0.3, -0.25) is 19.3 Å². The number of halogens is 6. The Hall–Kier alpha value is -4.50. The van der Waals surface area contributed by atoms with Crippen LogP contribution in [0.25, 0.3) is 0 Å². The lowest BCUT2D eigenvalue weighted by Gasteiger charge is -2.15. The maximum Gasteiger partial charge on any atom is 0.277 e. The summed E-state index contributed by atoms with van der Waals surface area (Å²) in [5.41, 5.74) is 7.13. The summed E-state index contributed by atoms with van der Waals surface area (Å²) < 4.78 is 57.6. The molecule has 264 valence electrons. The quantitative estimate of drug-likeness (QED) is 0.0492. The summed E-state index contributed by atoms with van der Waals surface area (Å²) in [6.45, 7) is 11.1. The van der Waals surface area contributed by atoms with Crippen molar-refractivity contribution in [1.29, 1.82) is 0 Å². The van der Waals surface area contributed by atoms with Gasteiger partial charge in [-0.25, -0.2) is 28.5 Å². The highest BCUT2D eigenvalue weighted by molar-refractivity contribution is 9.10. The first kappa shape index (κ1) is 39.9. The highest BCUT2D eigenvalue weighted by Crippen LogP contribution is 2.31. The van der Waals surface area contributed by atoms with Crippen LogP contribution in [-0.2, 0) is 9.68 Å². The Kier molecular flexibility index (Phi) is 15.2. The molecule has 50 heavy (non-hydrogen) atoms. The summed E-state index contributed by atoms with van der Waals surface area (Å²) >= 11 is 6.67. The molecule has 4 aromatic rings. The second kappa shape index (κ2) is 19.0. The fourth-order valence-corrected chi connectivity index (χ4v) is 5.07. The number of amides is 2. The van der Waals surface area contributed by atoms with Crippen molar-refractivity contribution in [3.63, 3.8) is 0 Å². The number of carbonyl (C=O) groups is 2. The summed E-state index contributed by atoms with van der Waals surface area (Å²) in [6.07, 6.45) is 3.45. The predicted molar refractivity (Wildman–Crippen MR) is 194 cm³/mol. The van der Waals surface area contributed by atoms with Gasteiger partial charge >= 0.3 is 0 Å². The molecule has 0 fully saturated rings. The molecule has 4 aromatic carbocycles. The van der Waals surface area contributed by atoms with Crippen molar-refractivity contribution in [3.05, 3.63) is 139 Å². The number of hydroxylamine groups is 2. The fourth-order valence-electron chi connectivity index (χ4n) is 4.11. The zero-order chi connectivity index (χ0) is 37.0. The molecular weight excluding hydrogens is 788 g/mol. The molecule has 4 N–H and O–H groups in total. The van der Waals surface area contributed by atoms with E-state index in [0.29, 0.717) is 16.9 Å². The lowest BCUT2D eigenvalue weighted by molar-refractivity contribution is 0.0401. The van der Waals surface area contributed by atoms with Crippen LogP contribution in [0.1, 0.15) is 45.7 Å². The van der Waals surface area contributed by atoms with Gasteiger partial charge in [0.2, 0.25) is 0 Å². The second-order valence-electron chi connectivity index (χ2n) is 10.7. The van der Waals surface area contributed by atoms with Gasteiger partial charge < -0.3 is 10.6 Å². The van der Waals surface area contributed by atoms with Crippen molar-refractivity contribution in [3.8, 4) is 0 Å². The largest absolute Gasteiger partial charge is 0.352 e. The molecule has 4 rings (SSSR count). The van der Waals surface area contributed by atoms with Crippen LogP contribution in [0.4, 0.5) is 40.3 Å². The van der Waals surface area contributed by atoms with Gasteiger partial charge in [0.1, 0.15) is 0 Å². The van der Waals surface area contributed by atoms with E-state index in [1.165, 1.54) is 12.1 Å². The first-order valence-electron chi connectivity index (χ1n) is 14.9. The third kappa shape index (κ3) is 11.3. The molecule has 0 radical (unpaired) electrons. The Morgan fingerprint density at radius 1 is 0.740 bits per heavy atom. The Morgan fingerprint density at radius 2 is 1.18 bits per heavy atom. The molecule has 0 saturated carbocycles. The molecule has 0 aliphatic carbocycles. The van der Waals surface area contributed by atoms with E-state index in [2.05, 4.69) is 60.0 Å². The van der Waals surface area contributed by atoms with Crippen LogP contribution in [0.5, 0.6) is 0 Å². The van der Waals surface area contributed by atoms with E-state index in [1.54, 1.807) is 50.3 Å². The molecular formula is C36H34Br2F4N4O4. The van der Waals surface area contributed by atoms with E-state index >= 15 is 0 Å². The molecule has 8 nitrogen and oxygen atoms in total. The number of hydrogen-bond donors (Lipinski definition) is 4. The van der Waals surface area contributed by atoms with Crippen molar-refractivity contribution in [1.82, 2.24) is 11.0 Å². The SMILES string of the molecule is C=C(C)CONC(=O)c1ccc(F)c(F)c1Nc1ccc(Br)cc1C.CC=CCONC(=O)c1ccc(F)c(F)c1Nc1ccc(Br)cc1C. The number of carbonyl (C=O) groups excluding carboxylic acids is 2. The Morgan fingerprint density at radius 3 is 1.58 bits per heavy atom. The maximum absolute atomic E-state index is 14.3. The van der Waals surface area contributed by atoms with Gasteiger partial charge in [-0.05, 0) is 99.5 Å². The van der Waals surface area contributed by atoms with Crippen LogP contribution >= 0.6 is 31.9 Å². The molecule has 0 bridgehead atoms. The minimum atomic E-state index is -1.14. The first-order valence-corrected chi connectivity index (χ1v) is 16.4. The number of aryl methyl sites for hydroxylation is 2. The van der Waals surface area contributed by atoms with Crippen LogP contribution in [0.15, 0.2) is 93.9 Å². The minimum Gasteiger partial charge on any atom is -0.352 e. The standard InChI is InChI=1S/2C18H17BrF2N2O2/c1-10(2)9-25-23-18(24)13-5-6-14(20)16(21)17(13)22-15-7-4-12(19)8-11(15)3;1-3-4-9-25-23-18(24)13-6-7-14(20)16(21)17(13)22-15-8-5-12(19)10-11(15)2/h4-8,22H,1,9H2,2-3H3,(H,23,24);3-8,10,22H,9H2,1-2H3,(H,23,24).